The van der Waals surface area contributed by atoms with Crippen molar-refractivity contribution in [1.82, 2.24) is 19.7 Å². The number of anilines is 1. The van der Waals surface area contributed by atoms with E-state index >= 15 is 0 Å². The normalized spacial score (nSPS) is 11.2. The fourth-order valence-electron chi connectivity index (χ4n) is 2.55. The molecule has 0 spiro atoms. The van der Waals surface area contributed by atoms with Crippen molar-refractivity contribution in [3.8, 4) is 0 Å². The molecule has 2 aromatic rings. The van der Waals surface area contributed by atoms with E-state index in [1.165, 1.54) is 4.88 Å². The molecule has 0 aliphatic rings. The van der Waals surface area contributed by atoms with E-state index < -0.39 is 0 Å². The Bertz CT molecular complexity index is 676. The zero-order valence-electron chi connectivity index (χ0n) is 14.5. The predicted octanol–water partition coefficient (Wildman–Crippen LogP) is 2.40. The van der Waals surface area contributed by atoms with Crippen LogP contribution in [0.15, 0.2) is 5.51 Å². The molecule has 0 fully saturated rings. The molecule has 0 aliphatic carbocycles. The van der Waals surface area contributed by atoms with Crippen molar-refractivity contribution in [2.75, 3.05) is 25.5 Å². The molecule has 0 radical (unpaired) electrons. The number of likely N-dealkylation sites (N-methyl/N-ethyl adjacent to an activating group) is 1. The Morgan fingerprint density at radius 2 is 2.09 bits per heavy atom. The van der Waals surface area contributed by atoms with Crippen LogP contribution in [0.1, 0.15) is 28.9 Å². The number of amides is 1. The molecule has 0 aromatic carbocycles. The van der Waals surface area contributed by atoms with Crippen LogP contribution < -0.4 is 5.32 Å². The number of hydrogen-bond acceptors (Lipinski definition) is 5. The lowest BCUT2D eigenvalue weighted by atomic mass is 10.3. The number of aryl methyl sites for hydroxylation is 3. The van der Waals surface area contributed by atoms with Crippen LogP contribution >= 0.6 is 11.3 Å². The van der Waals surface area contributed by atoms with E-state index in [4.69, 9.17) is 0 Å². The molecule has 0 saturated heterocycles. The highest BCUT2D eigenvalue weighted by Gasteiger charge is 2.14. The lowest BCUT2D eigenvalue weighted by Crippen LogP contribution is -2.31. The van der Waals surface area contributed by atoms with Gasteiger partial charge in [-0.1, -0.05) is 0 Å². The van der Waals surface area contributed by atoms with E-state index in [1.807, 2.05) is 49.8 Å². The molecule has 0 saturated carbocycles. The van der Waals surface area contributed by atoms with E-state index in [2.05, 4.69) is 15.4 Å². The van der Waals surface area contributed by atoms with Gasteiger partial charge in [-0.3, -0.25) is 14.4 Å². The lowest BCUT2D eigenvalue weighted by molar-refractivity contribution is -0.117. The summed E-state index contributed by atoms with van der Waals surface area (Å²) in [6.45, 7) is 9.98. The van der Waals surface area contributed by atoms with Crippen LogP contribution in [0.2, 0.25) is 0 Å². The number of nitrogens with zero attached hydrogens (tertiary/aromatic N) is 4. The Hall–Kier alpha value is -1.73. The highest BCUT2D eigenvalue weighted by molar-refractivity contribution is 7.09. The minimum Gasteiger partial charge on any atom is -0.322 e. The first-order valence-corrected chi connectivity index (χ1v) is 8.71. The number of carbonyl (C=O) groups excluding carboxylic acids is 1. The van der Waals surface area contributed by atoms with Crippen molar-refractivity contribution >= 4 is 22.9 Å². The first-order valence-electron chi connectivity index (χ1n) is 7.83. The predicted molar refractivity (Wildman–Crippen MR) is 94.1 cm³/mol. The number of aromatic nitrogens is 3. The SMILES string of the molecule is CCn1nc(C)c(NC(=O)CN(C)CCc2scnc2C)c1C. The molecule has 2 rings (SSSR count). The Morgan fingerprint density at radius 1 is 1.35 bits per heavy atom. The maximum Gasteiger partial charge on any atom is 0.238 e. The van der Waals surface area contributed by atoms with Crippen LogP contribution in [0.4, 0.5) is 5.69 Å². The van der Waals surface area contributed by atoms with E-state index in [-0.39, 0.29) is 5.91 Å². The first-order chi connectivity index (χ1) is 10.9. The van der Waals surface area contributed by atoms with Crippen LogP contribution in [0, 0.1) is 20.8 Å². The summed E-state index contributed by atoms with van der Waals surface area (Å²) in [4.78, 5) is 19.8. The highest BCUT2D eigenvalue weighted by Crippen LogP contribution is 2.19. The molecule has 1 N–H and O–H groups in total. The monoisotopic (exact) mass is 335 g/mol. The van der Waals surface area contributed by atoms with Gasteiger partial charge in [0.25, 0.3) is 0 Å². The number of carbonyl (C=O) groups is 1. The van der Waals surface area contributed by atoms with Crippen molar-refractivity contribution in [2.24, 2.45) is 0 Å². The van der Waals surface area contributed by atoms with Gasteiger partial charge in [0.1, 0.15) is 0 Å². The summed E-state index contributed by atoms with van der Waals surface area (Å²) in [5.74, 6) is -0.00428. The average Bonchev–Trinajstić information content (AvgIpc) is 3.02. The molecule has 23 heavy (non-hydrogen) atoms. The Balaban J connectivity index is 1.87. The topological polar surface area (TPSA) is 63.1 Å². The molecule has 0 unspecified atom stereocenters. The van der Waals surface area contributed by atoms with E-state index in [0.717, 1.165) is 42.3 Å². The molecule has 1 amide bonds. The van der Waals surface area contributed by atoms with Crippen molar-refractivity contribution < 1.29 is 4.79 Å². The van der Waals surface area contributed by atoms with Crippen molar-refractivity contribution in [1.29, 1.82) is 0 Å². The van der Waals surface area contributed by atoms with E-state index in [1.54, 1.807) is 11.3 Å². The zero-order chi connectivity index (χ0) is 17.0. The summed E-state index contributed by atoms with van der Waals surface area (Å²) in [5, 5.41) is 7.42. The third-order valence-electron chi connectivity index (χ3n) is 3.92. The third-order valence-corrected chi connectivity index (χ3v) is 4.92. The third kappa shape index (κ3) is 4.39. The summed E-state index contributed by atoms with van der Waals surface area (Å²) >= 11 is 1.67. The maximum atomic E-state index is 12.3. The number of thiazole rings is 1. The molecule has 126 valence electrons. The number of nitrogens with one attached hydrogen (secondary N) is 1. The smallest absolute Gasteiger partial charge is 0.238 e. The van der Waals surface area contributed by atoms with Gasteiger partial charge in [0.05, 0.1) is 34.8 Å². The summed E-state index contributed by atoms with van der Waals surface area (Å²) in [7, 11) is 1.96. The molecule has 0 atom stereocenters. The summed E-state index contributed by atoms with van der Waals surface area (Å²) in [5.41, 5.74) is 5.66. The van der Waals surface area contributed by atoms with Gasteiger partial charge in [-0.05, 0) is 41.2 Å². The summed E-state index contributed by atoms with van der Waals surface area (Å²) < 4.78 is 1.90. The van der Waals surface area contributed by atoms with Gasteiger partial charge in [0.2, 0.25) is 5.91 Å². The molecular weight excluding hydrogens is 310 g/mol. The van der Waals surface area contributed by atoms with Gasteiger partial charge in [-0.15, -0.1) is 11.3 Å². The standard InChI is InChI=1S/C16H25N5OS/c1-6-21-13(4)16(12(3)19-21)18-15(22)9-20(5)8-7-14-11(2)17-10-23-14/h10H,6-9H2,1-5H3,(H,18,22). The first kappa shape index (κ1) is 17.6. The molecule has 0 aliphatic heterocycles. The fraction of sp³-hybridized carbons (Fsp3) is 0.562. The average molecular weight is 335 g/mol. The summed E-state index contributed by atoms with van der Waals surface area (Å²) in [6, 6.07) is 0. The Kier molecular flexibility index (Phi) is 5.90. The van der Waals surface area contributed by atoms with E-state index in [9.17, 15) is 4.79 Å². The largest absolute Gasteiger partial charge is 0.322 e. The second-order valence-corrected chi connectivity index (χ2v) is 6.70. The second kappa shape index (κ2) is 7.70. The van der Waals surface area contributed by atoms with Crippen LogP contribution in [0.5, 0.6) is 0 Å². The van der Waals surface area contributed by atoms with Crippen molar-refractivity contribution in [3.05, 3.63) is 27.5 Å². The number of hydrogen-bond donors (Lipinski definition) is 1. The van der Waals surface area contributed by atoms with Gasteiger partial charge >= 0.3 is 0 Å². The molecule has 6 nitrogen and oxygen atoms in total. The van der Waals surface area contributed by atoms with Crippen LogP contribution in [0.3, 0.4) is 0 Å². The minimum absolute atomic E-state index is 0.00428. The quantitative estimate of drug-likeness (QED) is 0.844. The van der Waals surface area contributed by atoms with Crippen molar-refractivity contribution in [2.45, 2.75) is 40.7 Å². The molecule has 7 heteroatoms. The molecule has 2 aromatic heterocycles. The Morgan fingerprint density at radius 3 is 2.65 bits per heavy atom. The lowest BCUT2D eigenvalue weighted by Gasteiger charge is -2.16. The van der Waals surface area contributed by atoms with E-state index in [0.29, 0.717) is 6.54 Å². The Labute approximate surface area is 141 Å². The molecule has 2 heterocycles. The van der Waals surface area contributed by atoms with Gasteiger partial charge in [0, 0.05) is 18.0 Å². The van der Waals surface area contributed by atoms with Gasteiger partial charge in [-0.25, -0.2) is 4.98 Å². The van der Waals surface area contributed by atoms with Crippen molar-refractivity contribution in [3.63, 3.8) is 0 Å². The van der Waals surface area contributed by atoms with Crippen LogP contribution in [-0.4, -0.2) is 45.7 Å². The summed E-state index contributed by atoms with van der Waals surface area (Å²) in [6.07, 6.45) is 0.923. The van der Waals surface area contributed by atoms with Gasteiger partial charge in [0.15, 0.2) is 0 Å². The fourth-order valence-corrected chi connectivity index (χ4v) is 3.32. The number of rotatable bonds is 7. The van der Waals surface area contributed by atoms with Crippen LogP contribution in [-0.2, 0) is 17.8 Å². The van der Waals surface area contributed by atoms with Crippen LogP contribution in [0.25, 0.3) is 0 Å². The van der Waals surface area contributed by atoms with Gasteiger partial charge in [-0.2, -0.15) is 5.10 Å². The van der Waals surface area contributed by atoms with Gasteiger partial charge < -0.3 is 5.32 Å². The zero-order valence-corrected chi connectivity index (χ0v) is 15.3. The maximum absolute atomic E-state index is 12.3. The molecule has 0 bridgehead atoms. The highest BCUT2D eigenvalue weighted by atomic mass is 32.1. The minimum atomic E-state index is -0.00428. The second-order valence-electron chi connectivity index (χ2n) is 5.76. The molecular formula is C16H25N5OS.